The summed E-state index contributed by atoms with van der Waals surface area (Å²) in [4.78, 5) is 16.1. The van der Waals surface area contributed by atoms with Gasteiger partial charge in [-0.2, -0.15) is 9.61 Å². The van der Waals surface area contributed by atoms with E-state index in [1.54, 1.807) is 15.9 Å². The Bertz CT molecular complexity index is 3220. The van der Waals surface area contributed by atoms with Crippen LogP contribution in [0.4, 0.5) is 17.1 Å². The molecule has 8 heteroatoms. The number of hydrogen-bond donors (Lipinski definition) is 1. The second-order valence-electron chi connectivity index (χ2n) is 21.3. The summed E-state index contributed by atoms with van der Waals surface area (Å²) in [5.74, 6) is -0.663. The fourth-order valence-electron chi connectivity index (χ4n) is 12.1. The fourth-order valence-corrected chi connectivity index (χ4v) is 13.1. The predicted molar refractivity (Wildman–Crippen MR) is 300 cm³/mol. The first-order chi connectivity index (χ1) is 34.9. The molecule has 8 aromatic rings. The molecule has 368 valence electrons. The Kier molecular flexibility index (Phi) is 13.7. The molecule has 1 N–H and O–H groups in total. The highest BCUT2D eigenvalue weighted by atomic mass is 32.1. The molecule has 0 amide bonds. The number of anilines is 3. The van der Waals surface area contributed by atoms with Crippen LogP contribution in [0.3, 0.4) is 0 Å². The number of carboxylic acid groups (broad SMARTS) is 1. The summed E-state index contributed by atoms with van der Waals surface area (Å²) in [6.07, 6.45) is 18.7. The standard InChI is InChI=1S/C64H69N5O2S/c1-8-12-36-63(37-13-9-2)53-22-18-16-20-48(53)50-31-28-45(40-55(50)63)68(46-29-32-51-49-21-17-19-23-54(49)64(38-14-10-3,39-15-11-4)56(51)41-46)44-26-24-43(25-27-44)57-33-30-47(72-57)42-52-60(62(5,6)7)67-69-58(34-35-59(70)71)65-66-61(52)69/h16-35,40-42H,8-15,36-39H2,1-7H3,(H,70,71). The maximum Gasteiger partial charge on any atom is 0.328 e. The summed E-state index contributed by atoms with van der Waals surface area (Å²) in [6.45, 7) is 15.7. The number of thiophene rings is 1. The molecule has 0 atom stereocenters. The zero-order valence-corrected chi connectivity index (χ0v) is 44.1. The van der Waals surface area contributed by atoms with Crippen molar-refractivity contribution in [2.24, 2.45) is 0 Å². The highest BCUT2D eigenvalue weighted by Gasteiger charge is 2.44. The highest BCUT2D eigenvalue weighted by Crippen LogP contribution is 2.58. The molecule has 0 fully saturated rings. The van der Waals surface area contributed by atoms with E-state index in [9.17, 15) is 9.90 Å². The van der Waals surface area contributed by atoms with Gasteiger partial charge in [0.25, 0.3) is 0 Å². The molecule has 72 heavy (non-hydrogen) atoms. The number of carboxylic acids is 1. The van der Waals surface area contributed by atoms with E-state index in [0.29, 0.717) is 11.5 Å². The van der Waals surface area contributed by atoms with Gasteiger partial charge in [0.05, 0.1) is 5.69 Å². The summed E-state index contributed by atoms with van der Waals surface area (Å²) in [5.41, 5.74) is 17.3. The quantitative estimate of drug-likeness (QED) is 0.0813. The van der Waals surface area contributed by atoms with E-state index in [1.807, 2.05) is 0 Å². The maximum absolute atomic E-state index is 11.3. The van der Waals surface area contributed by atoms with Crippen LogP contribution in [0, 0.1) is 0 Å². The molecule has 0 spiro atoms. The van der Waals surface area contributed by atoms with Gasteiger partial charge in [0.15, 0.2) is 11.5 Å². The summed E-state index contributed by atoms with van der Waals surface area (Å²) in [7, 11) is 0. The number of aromatic nitrogens is 4. The second kappa shape index (κ2) is 20.1. The molecule has 2 aliphatic carbocycles. The lowest BCUT2D eigenvalue weighted by Gasteiger charge is -2.35. The van der Waals surface area contributed by atoms with E-state index in [2.05, 4.69) is 191 Å². The lowest BCUT2D eigenvalue weighted by Crippen LogP contribution is -2.26. The monoisotopic (exact) mass is 972 g/mol. The number of carbonyl (C=O) groups is 1. The normalized spacial score (nSPS) is 14.5. The summed E-state index contributed by atoms with van der Waals surface area (Å²) < 4.78 is 1.65. The van der Waals surface area contributed by atoms with Crippen molar-refractivity contribution < 1.29 is 9.90 Å². The zero-order chi connectivity index (χ0) is 50.2. The minimum atomic E-state index is -1.05. The molecule has 5 aromatic carbocycles. The van der Waals surface area contributed by atoms with Crippen LogP contribution in [0.1, 0.15) is 164 Å². The Hall–Kier alpha value is -6.64. The molecule has 0 saturated heterocycles. The van der Waals surface area contributed by atoms with Crippen molar-refractivity contribution in [3.8, 4) is 32.7 Å². The van der Waals surface area contributed by atoms with Gasteiger partial charge < -0.3 is 10.0 Å². The van der Waals surface area contributed by atoms with E-state index < -0.39 is 5.97 Å². The van der Waals surface area contributed by atoms with Gasteiger partial charge in [0, 0.05) is 54.4 Å². The lowest BCUT2D eigenvalue weighted by molar-refractivity contribution is -0.131. The predicted octanol–water partition coefficient (Wildman–Crippen LogP) is 16.6. The van der Waals surface area contributed by atoms with Crippen LogP contribution in [-0.2, 0) is 21.0 Å². The number of hydrogen-bond acceptors (Lipinski definition) is 6. The number of benzene rings is 5. The summed E-state index contributed by atoms with van der Waals surface area (Å²) in [6, 6.07) is 46.8. The molecular weight excluding hydrogens is 903 g/mol. The van der Waals surface area contributed by atoms with Gasteiger partial charge >= 0.3 is 5.97 Å². The fraction of sp³-hybridized carbons (Fsp3) is 0.344. The molecule has 0 unspecified atom stereocenters. The van der Waals surface area contributed by atoms with Crippen molar-refractivity contribution in [3.63, 3.8) is 0 Å². The van der Waals surface area contributed by atoms with E-state index in [0.717, 1.165) is 63.7 Å². The van der Waals surface area contributed by atoms with Gasteiger partial charge in [0.2, 0.25) is 0 Å². The Morgan fingerprint density at radius 3 is 1.62 bits per heavy atom. The van der Waals surface area contributed by atoms with Crippen LogP contribution in [0.25, 0.3) is 50.5 Å². The molecule has 0 radical (unpaired) electrons. The highest BCUT2D eigenvalue weighted by molar-refractivity contribution is 7.16. The van der Waals surface area contributed by atoms with Crippen LogP contribution < -0.4 is 10.1 Å². The van der Waals surface area contributed by atoms with E-state index in [-0.39, 0.29) is 16.2 Å². The van der Waals surface area contributed by atoms with Crippen molar-refractivity contribution in [1.82, 2.24) is 19.8 Å². The molecule has 0 aliphatic heterocycles. The number of aliphatic carboxylic acids is 1. The molecule has 0 bridgehead atoms. The summed E-state index contributed by atoms with van der Waals surface area (Å²) in [5, 5.41) is 23.8. The Morgan fingerprint density at radius 2 is 1.12 bits per heavy atom. The lowest BCUT2D eigenvalue weighted by atomic mass is 9.70. The minimum absolute atomic E-state index is 0.0297. The van der Waals surface area contributed by atoms with E-state index in [4.69, 9.17) is 5.10 Å². The molecular formula is C64H69N5O2S. The van der Waals surface area contributed by atoms with Crippen molar-refractivity contribution in [3.05, 3.63) is 171 Å². The first-order valence-corrected chi connectivity index (χ1v) is 27.4. The average molecular weight is 972 g/mol. The second-order valence-corrected chi connectivity index (χ2v) is 22.5. The number of nitrogens with zero attached hydrogens (tertiary/aromatic N) is 5. The van der Waals surface area contributed by atoms with Gasteiger partial charge in [-0.3, -0.25) is 0 Å². The van der Waals surface area contributed by atoms with Crippen molar-refractivity contribution in [2.45, 2.75) is 142 Å². The maximum atomic E-state index is 11.3. The molecule has 7 nitrogen and oxygen atoms in total. The minimum Gasteiger partial charge on any atom is -0.478 e. The van der Waals surface area contributed by atoms with E-state index >= 15 is 0 Å². The van der Waals surface area contributed by atoms with Crippen molar-refractivity contribution >= 4 is 52.2 Å². The summed E-state index contributed by atoms with van der Waals surface area (Å²) >= 11 is 1.73. The Balaban J connectivity index is 1.10. The van der Waals surface area contributed by atoms with Crippen LogP contribution in [0.5, 0.6) is 0 Å². The Labute approximate surface area is 430 Å². The van der Waals surface area contributed by atoms with Gasteiger partial charge in [-0.05, 0) is 136 Å². The average Bonchev–Trinajstić information content (AvgIpc) is 4.21. The zero-order valence-electron chi connectivity index (χ0n) is 43.3. The van der Waals surface area contributed by atoms with Gasteiger partial charge in [0.1, 0.15) is 0 Å². The molecule has 3 aromatic heterocycles. The third-order valence-corrected chi connectivity index (χ3v) is 16.7. The van der Waals surface area contributed by atoms with Gasteiger partial charge in [-0.25, -0.2) is 4.79 Å². The van der Waals surface area contributed by atoms with Crippen molar-refractivity contribution in [1.29, 1.82) is 0 Å². The van der Waals surface area contributed by atoms with Crippen LogP contribution in [0.15, 0.2) is 127 Å². The van der Waals surface area contributed by atoms with Crippen LogP contribution in [0.2, 0.25) is 0 Å². The smallest absolute Gasteiger partial charge is 0.328 e. The van der Waals surface area contributed by atoms with Gasteiger partial charge in [-0.1, -0.05) is 173 Å². The molecule has 2 aliphatic rings. The topological polar surface area (TPSA) is 83.6 Å². The third kappa shape index (κ3) is 8.69. The first kappa shape index (κ1) is 49.0. The first-order valence-electron chi connectivity index (χ1n) is 26.6. The number of unbranched alkanes of at least 4 members (excludes halogenated alkanes) is 4. The number of fused-ring (bicyclic) bond motifs is 7. The SMILES string of the molecule is CCCCC1(CCCC)c2ccccc2-c2ccc(N(c3ccc(-c4ccc(C=c5c(C(C)(C)C)nn6c(C=CC(=O)O)nnc56)s4)cc3)c3ccc4c(c3)C(CCCC)(CCCC)c3ccccc3-4)cc21. The van der Waals surface area contributed by atoms with Crippen molar-refractivity contribution in [2.75, 3.05) is 4.90 Å². The van der Waals surface area contributed by atoms with E-state index in [1.165, 1.54) is 113 Å². The third-order valence-electron chi connectivity index (χ3n) is 15.6. The Morgan fingerprint density at radius 1 is 0.625 bits per heavy atom. The van der Waals surface area contributed by atoms with Crippen LogP contribution in [-0.4, -0.2) is 30.9 Å². The van der Waals surface area contributed by atoms with Gasteiger partial charge in [-0.15, -0.1) is 21.5 Å². The largest absolute Gasteiger partial charge is 0.478 e. The molecule has 3 heterocycles. The molecule has 10 rings (SSSR count). The molecule has 0 saturated carbocycles. The van der Waals surface area contributed by atoms with Crippen LogP contribution >= 0.6 is 11.3 Å². The number of rotatable bonds is 19.